The average molecular weight is 227 g/mol. The lowest BCUT2D eigenvalue weighted by Gasteiger charge is -2.05. The molecule has 1 aromatic carbocycles. The molecule has 2 amide bonds. The Morgan fingerprint density at radius 2 is 1.25 bits per heavy atom. The molecule has 0 aliphatic rings. The fraction of sp³-hybridized carbons (Fsp3) is 0. The van der Waals surface area contributed by atoms with Crippen LogP contribution in [0, 0.1) is 0 Å². The molecule has 16 heavy (non-hydrogen) atoms. The molecule has 1 rings (SSSR count). The van der Waals surface area contributed by atoms with E-state index in [1.165, 1.54) is 12.1 Å². The zero-order valence-corrected chi connectivity index (χ0v) is 8.31. The van der Waals surface area contributed by atoms with Crippen molar-refractivity contribution in [2.24, 2.45) is 17.6 Å². The van der Waals surface area contributed by atoms with Crippen LogP contribution in [-0.2, 0) is 0 Å². The SMILES string of the molecule is NNC(=O)c1ccccc1C(=O)NN.NO. The van der Waals surface area contributed by atoms with Crippen molar-refractivity contribution in [3.05, 3.63) is 35.4 Å². The van der Waals surface area contributed by atoms with Gasteiger partial charge in [0.15, 0.2) is 0 Å². The molecule has 0 radical (unpaired) electrons. The number of nitrogens with two attached hydrogens (primary N) is 3. The number of carbonyl (C=O) groups excluding carboxylic acids is 2. The van der Waals surface area contributed by atoms with E-state index in [-0.39, 0.29) is 11.1 Å². The van der Waals surface area contributed by atoms with E-state index in [1.807, 2.05) is 10.9 Å². The molecule has 0 saturated carbocycles. The number of benzene rings is 1. The van der Waals surface area contributed by atoms with Gasteiger partial charge in [-0.2, -0.15) is 0 Å². The van der Waals surface area contributed by atoms with Crippen molar-refractivity contribution in [3.63, 3.8) is 0 Å². The highest BCUT2D eigenvalue weighted by Gasteiger charge is 2.14. The molecule has 0 aliphatic heterocycles. The summed E-state index contributed by atoms with van der Waals surface area (Å²) in [5.41, 5.74) is 4.24. The number of hydrogen-bond donors (Lipinski definition) is 6. The number of rotatable bonds is 2. The van der Waals surface area contributed by atoms with Crippen LogP contribution < -0.4 is 28.4 Å². The normalized spacial score (nSPS) is 8.50. The summed E-state index contributed by atoms with van der Waals surface area (Å²) in [5, 5.41) is 6.50. The lowest BCUT2D eigenvalue weighted by molar-refractivity contribution is 0.0919. The highest BCUT2D eigenvalue weighted by atomic mass is 16.4. The smallest absolute Gasteiger partial charge is 0.265 e. The van der Waals surface area contributed by atoms with E-state index < -0.39 is 11.8 Å². The van der Waals surface area contributed by atoms with Gasteiger partial charge in [0.1, 0.15) is 0 Å². The molecule has 0 unspecified atom stereocenters. The second-order valence-corrected chi connectivity index (χ2v) is 2.49. The second kappa shape index (κ2) is 7.31. The minimum absolute atomic E-state index is 0.179. The summed E-state index contributed by atoms with van der Waals surface area (Å²) in [7, 11) is 0. The number of nitrogen functional groups attached to an aromatic ring is 2. The average Bonchev–Trinajstić information content (AvgIpc) is 2.39. The molecule has 0 atom stereocenters. The van der Waals surface area contributed by atoms with E-state index in [9.17, 15) is 9.59 Å². The van der Waals surface area contributed by atoms with Crippen LogP contribution in [0.1, 0.15) is 20.7 Å². The first-order chi connectivity index (χ1) is 7.70. The quantitative estimate of drug-likeness (QED) is 0.199. The summed E-state index contributed by atoms with van der Waals surface area (Å²) in [6.45, 7) is 0. The summed E-state index contributed by atoms with van der Waals surface area (Å²) in [6.07, 6.45) is 0. The molecule has 8 nitrogen and oxygen atoms in total. The minimum Gasteiger partial charge on any atom is -0.320 e. The monoisotopic (exact) mass is 227 g/mol. The number of hydrazine groups is 2. The predicted octanol–water partition coefficient (Wildman–Crippen LogP) is -1.77. The van der Waals surface area contributed by atoms with E-state index >= 15 is 0 Å². The highest BCUT2D eigenvalue weighted by Crippen LogP contribution is 2.07. The maximum Gasteiger partial charge on any atom is 0.265 e. The van der Waals surface area contributed by atoms with Crippen LogP contribution in [0.25, 0.3) is 0 Å². The molecule has 0 heterocycles. The van der Waals surface area contributed by atoms with Crippen LogP contribution in [0.4, 0.5) is 0 Å². The fourth-order valence-electron chi connectivity index (χ4n) is 1.03. The van der Waals surface area contributed by atoms with E-state index in [4.69, 9.17) is 16.9 Å². The molecule has 0 aliphatic carbocycles. The van der Waals surface area contributed by atoms with Crippen molar-refractivity contribution in [1.29, 1.82) is 0 Å². The van der Waals surface area contributed by atoms with E-state index in [2.05, 4.69) is 5.90 Å². The van der Waals surface area contributed by atoms with Crippen LogP contribution in [0.3, 0.4) is 0 Å². The number of amides is 2. The van der Waals surface area contributed by atoms with Gasteiger partial charge in [-0.15, -0.1) is 0 Å². The predicted molar refractivity (Wildman–Crippen MR) is 55.7 cm³/mol. The van der Waals surface area contributed by atoms with Crippen LogP contribution in [0.5, 0.6) is 0 Å². The van der Waals surface area contributed by atoms with E-state index in [0.717, 1.165) is 0 Å². The summed E-state index contributed by atoms with van der Waals surface area (Å²) in [4.78, 5) is 22.4. The fourth-order valence-corrected chi connectivity index (χ4v) is 1.03. The zero-order chi connectivity index (χ0) is 12.6. The summed E-state index contributed by atoms with van der Waals surface area (Å²) in [6, 6.07) is 6.20. The molecule has 0 fully saturated rings. The summed E-state index contributed by atoms with van der Waals surface area (Å²) >= 11 is 0. The van der Waals surface area contributed by atoms with Gasteiger partial charge in [-0.25, -0.2) is 17.6 Å². The standard InChI is InChI=1S/C8H10N4O2.H3NO/c9-11-7(13)5-3-1-2-4-6(5)8(14)12-10;1-2/h1-4H,9-10H2,(H,11,13)(H,12,14);2H,1H2. The molecule has 8 heteroatoms. The molecule has 0 spiro atoms. The van der Waals surface area contributed by atoms with Crippen LogP contribution >= 0.6 is 0 Å². The number of nitrogens with one attached hydrogen (secondary N) is 2. The van der Waals surface area contributed by atoms with Crippen molar-refractivity contribution in [1.82, 2.24) is 10.9 Å². The lowest BCUT2D eigenvalue weighted by Crippen LogP contribution is -2.35. The largest absolute Gasteiger partial charge is 0.320 e. The van der Waals surface area contributed by atoms with Gasteiger partial charge in [0.2, 0.25) is 0 Å². The number of carbonyl (C=O) groups is 2. The first-order valence-electron chi connectivity index (χ1n) is 4.07. The topological polar surface area (TPSA) is 156 Å². The van der Waals surface area contributed by atoms with Gasteiger partial charge in [-0.3, -0.25) is 20.4 Å². The Bertz CT molecular complexity index is 333. The van der Waals surface area contributed by atoms with Crippen LogP contribution in [0.15, 0.2) is 24.3 Å². The molecule has 0 saturated heterocycles. The minimum atomic E-state index is -0.538. The van der Waals surface area contributed by atoms with Crippen molar-refractivity contribution in [2.75, 3.05) is 0 Å². The third kappa shape index (κ3) is 3.29. The zero-order valence-electron chi connectivity index (χ0n) is 8.31. The Hall–Kier alpha value is -2.00. The van der Waals surface area contributed by atoms with Gasteiger partial charge in [0.05, 0.1) is 11.1 Å². The lowest BCUT2D eigenvalue weighted by atomic mass is 10.1. The first kappa shape index (κ1) is 14.0. The Morgan fingerprint density at radius 3 is 1.50 bits per heavy atom. The Balaban J connectivity index is 0.00000106. The van der Waals surface area contributed by atoms with Gasteiger partial charge in [-0.05, 0) is 12.1 Å². The Kier molecular flexibility index (Phi) is 6.40. The third-order valence-corrected chi connectivity index (χ3v) is 1.68. The maximum absolute atomic E-state index is 11.2. The molecule has 9 N–H and O–H groups in total. The Morgan fingerprint density at radius 1 is 0.938 bits per heavy atom. The number of hydrogen-bond acceptors (Lipinski definition) is 6. The molecule has 0 aromatic heterocycles. The van der Waals surface area contributed by atoms with E-state index in [0.29, 0.717) is 0 Å². The van der Waals surface area contributed by atoms with Crippen molar-refractivity contribution in [2.45, 2.75) is 0 Å². The van der Waals surface area contributed by atoms with E-state index in [1.54, 1.807) is 12.1 Å². The van der Waals surface area contributed by atoms with Crippen LogP contribution in [0.2, 0.25) is 0 Å². The van der Waals surface area contributed by atoms with Crippen molar-refractivity contribution in [3.8, 4) is 0 Å². The molecule has 88 valence electrons. The Labute approximate surface area is 91.3 Å². The molecular weight excluding hydrogens is 214 g/mol. The summed E-state index contributed by atoms with van der Waals surface area (Å²) in [5.74, 6) is 12.3. The van der Waals surface area contributed by atoms with Crippen molar-refractivity contribution >= 4 is 11.8 Å². The second-order valence-electron chi connectivity index (χ2n) is 2.49. The highest BCUT2D eigenvalue weighted by molar-refractivity contribution is 6.06. The van der Waals surface area contributed by atoms with Gasteiger partial charge in [-0.1, -0.05) is 12.1 Å². The molecule has 1 aromatic rings. The van der Waals surface area contributed by atoms with Gasteiger partial charge >= 0.3 is 0 Å². The van der Waals surface area contributed by atoms with Crippen molar-refractivity contribution < 1.29 is 14.8 Å². The molecular formula is C8H13N5O3. The summed E-state index contributed by atoms with van der Waals surface area (Å²) < 4.78 is 0. The molecule has 0 bridgehead atoms. The van der Waals surface area contributed by atoms with Gasteiger partial charge < -0.3 is 5.21 Å². The van der Waals surface area contributed by atoms with Crippen LogP contribution in [-0.4, -0.2) is 17.0 Å². The third-order valence-electron chi connectivity index (χ3n) is 1.68. The first-order valence-corrected chi connectivity index (χ1v) is 4.07. The van der Waals surface area contributed by atoms with Gasteiger partial charge in [0, 0.05) is 0 Å². The maximum atomic E-state index is 11.2. The van der Waals surface area contributed by atoms with Gasteiger partial charge in [0.25, 0.3) is 11.8 Å².